The van der Waals surface area contributed by atoms with Crippen molar-refractivity contribution >= 4 is 37.4 Å². The summed E-state index contributed by atoms with van der Waals surface area (Å²) in [5, 5.41) is 6.27. The minimum atomic E-state index is -2.70. The SMILES string of the molecule is C=C(CC[Si](OCC)(c1ccccc1)c1ccccc1)[Si](OCC)(c1ccccc1)c1ccccc1. The quantitative estimate of drug-likeness (QED) is 0.249. The second-order valence-electron chi connectivity index (χ2n) is 8.94. The van der Waals surface area contributed by atoms with Crippen molar-refractivity contribution < 1.29 is 8.85 Å². The van der Waals surface area contributed by atoms with Crippen molar-refractivity contribution in [3.05, 3.63) is 133 Å². The molecule has 0 aliphatic heterocycles. The molecular formula is C32H36O2Si2. The van der Waals surface area contributed by atoms with Crippen LogP contribution in [0.15, 0.2) is 133 Å². The summed E-state index contributed by atoms with van der Waals surface area (Å²) in [6.07, 6.45) is 0.839. The molecule has 0 unspecified atom stereocenters. The molecule has 0 bridgehead atoms. The van der Waals surface area contributed by atoms with E-state index in [0.717, 1.165) is 12.5 Å². The number of rotatable bonds is 12. The van der Waals surface area contributed by atoms with Crippen molar-refractivity contribution in [1.29, 1.82) is 0 Å². The Morgan fingerprint density at radius 2 is 0.917 bits per heavy atom. The first-order valence-corrected chi connectivity index (χ1v) is 16.9. The Balaban J connectivity index is 1.80. The Labute approximate surface area is 218 Å². The molecule has 0 saturated carbocycles. The second kappa shape index (κ2) is 12.3. The highest BCUT2D eigenvalue weighted by molar-refractivity contribution is 7.03. The molecule has 0 aliphatic carbocycles. The summed E-state index contributed by atoms with van der Waals surface area (Å²) >= 11 is 0. The van der Waals surface area contributed by atoms with Gasteiger partial charge in [0.05, 0.1) is 0 Å². The highest BCUT2D eigenvalue weighted by atomic mass is 28.4. The minimum Gasteiger partial charge on any atom is -0.408 e. The molecule has 0 radical (unpaired) electrons. The van der Waals surface area contributed by atoms with E-state index in [9.17, 15) is 0 Å². The maximum atomic E-state index is 6.81. The van der Waals surface area contributed by atoms with Gasteiger partial charge < -0.3 is 8.85 Å². The summed E-state index contributed by atoms with van der Waals surface area (Å²) in [6.45, 7) is 10.3. The van der Waals surface area contributed by atoms with Crippen LogP contribution in [0.1, 0.15) is 20.3 Å². The molecule has 0 atom stereocenters. The Hall–Kier alpha value is -3.03. The van der Waals surface area contributed by atoms with E-state index in [1.165, 1.54) is 25.9 Å². The van der Waals surface area contributed by atoms with Crippen LogP contribution in [0.4, 0.5) is 0 Å². The average molecular weight is 509 g/mol. The maximum Gasteiger partial charge on any atom is 0.283 e. The van der Waals surface area contributed by atoms with E-state index < -0.39 is 16.6 Å². The van der Waals surface area contributed by atoms with Gasteiger partial charge >= 0.3 is 0 Å². The van der Waals surface area contributed by atoms with Gasteiger partial charge in [-0.1, -0.05) is 127 Å². The van der Waals surface area contributed by atoms with E-state index in [2.05, 4.69) is 135 Å². The van der Waals surface area contributed by atoms with Crippen molar-refractivity contribution in [2.45, 2.75) is 26.3 Å². The topological polar surface area (TPSA) is 18.5 Å². The summed E-state index contributed by atoms with van der Waals surface area (Å²) in [5.41, 5.74) is 0. The summed E-state index contributed by atoms with van der Waals surface area (Å²) in [7, 11) is -5.21. The molecule has 0 spiro atoms. The normalized spacial score (nSPS) is 11.8. The molecule has 0 saturated heterocycles. The van der Waals surface area contributed by atoms with Crippen LogP contribution in [0.5, 0.6) is 0 Å². The first-order chi connectivity index (χ1) is 17.7. The molecule has 4 aromatic rings. The molecule has 0 fully saturated rings. The van der Waals surface area contributed by atoms with Gasteiger partial charge in [-0.15, -0.1) is 6.58 Å². The van der Waals surface area contributed by atoms with Crippen molar-refractivity contribution in [2.75, 3.05) is 13.2 Å². The third kappa shape index (κ3) is 5.23. The summed E-state index contributed by atoms with van der Waals surface area (Å²) in [4.78, 5) is 0. The van der Waals surface area contributed by atoms with E-state index in [0.29, 0.717) is 13.2 Å². The van der Waals surface area contributed by atoms with Gasteiger partial charge in [0.15, 0.2) is 0 Å². The molecule has 4 rings (SSSR count). The van der Waals surface area contributed by atoms with Crippen molar-refractivity contribution in [1.82, 2.24) is 0 Å². The van der Waals surface area contributed by atoms with Gasteiger partial charge in [0, 0.05) is 13.2 Å². The zero-order valence-corrected chi connectivity index (χ0v) is 23.4. The Morgan fingerprint density at radius 1 is 0.556 bits per heavy atom. The zero-order valence-electron chi connectivity index (χ0n) is 21.4. The lowest BCUT2D eigenvalue weighted by Gasteiger charge is -2.37. The number of hydrogen-bond acceptors (Lipinski definition) is 2. The third-order valence-corrected chi connectivity index (χ3v) is 15.4. The highest BCUT2D eigenvalue weighted by Gasteiger charge is 2.45. The van der Waals surface area contributed by atoms with E-state index >= 15 is 0 Å². The number of allylic oxidation sites excluding steroid dienone is 1. The second-order valence-corrected chi connectivity index (χ2v) is 16.1. The lowest BCUT2D eigenvalue weighted by atomic mass is 10.4. The predicted molar refractivity (Wildman–Crippen MR) is 158 cm³/mol. The molecule has 2 nitrogen and oxygen atoms in total. The Kier molecular flexibility index (Phi) is 8.89. The van der Waals surface area contributed by atoms with Crippen LogP contribution in [0.2, 0.25) is 6.04 Å². The van der Waals surface area contributed by atoms with E-state index in [-0.39, 0.29) is 0 Å². The van der Waals surface area contributed by atoms with Gasteiger partial charge in [0.1, 0.15) is 0 Å². The van der Waals surface area contributed by atoms with Gasteiger partial charge in [-0.25, -0.2) is 0 Å². The monoisotopic (exact) mass is 508 g/mol. The van der Waals surface area contributed by atoms with E-state index in [1.54, 1.807) is 0 Å². The fourth-order valence-corrected chi connectivity index (χ4v) is 13.4. The van der Waals surface area contributed by atoms with E-state index in [1.807, 2.05) is 0 Å². The van der Waals surface area contributed by atoms with Crippen molar-refractivity contribution in [3.8, 4) is 0 Å². The summed E-state index contributed by atoms with van der Waals surface area (Å²) in [5.74, 6) is 0. The molecule has 36 heavy (non-hydrogen) atoms. The molecule has 184 valence electrons. The van der Waals surface area contributed by atoms with E-state index in [4.69, 9.17) is 15.4 Å². The van der Waals surface area contributed by atoms with Crippen molar-refractivity contribution in [3.63, 3.8) is 0 Å². The molecule has 0 heterocycles. The van der Waals surface area contributed by atoms with Crippen molar-refractivity contribution in [2.24, 2.45) is 0 Å². The van der Waals surface area contributed by atoms with Crippen LogP contribution in [0, 0.1) is 0 Å². The largest absolute Gasteiger partial charge is 0.408 e. The van der Waals surface area contributed by atoms with Crippen LogP contribution in [0.25, 0.3) is 0 Å². The van der Waals surface area contributed by atoms with Gasteiger partial charge in [0.25, 0.3) is 16.6 Å². The van der Waals surface area contributed by atoms with Gasteiger partial charge in [0.2, 0.25) is 0 Å². The Morgan fingerprint density at radius 3 is 1.28 bits per heavy atom. The third-order valence-electron chi connectivity index (χ3n) is 6.87. The van der Waals surface area contributed by atoms with Crippen LogP contribution in [-0.2, 0) is 8.85 Å². The van der Waals surface area contributed by atoms with Gasteiger partial charge in [-0.2, -0.15) is 0 Å². The van der Waals surface area contributed by atoms with Crippen LogP contribution < -0.4 is 20.7 Å². The maximum absolute atomic E-state index is 6.81. The molecule has 0 amide bonds. The lowest BCUT2D eigenvalue weighted by molar-refractivity contribution is 0.336. The predicted octanol–water partition coefficient (Wildman–Crippen LogP) is 5.06. The van der Waals surface area contributed by atoms with Crippen LogP contribution in [-0.4, -0.2) is 29.8 Å². The standard InChI is InChI=1S/C32H36O2Si2/c1-4-33-35(29-18-10-6-11-19-29,30-20-12-7-13-21-30)27-26-28(3)36(34-5-2,31-22-14-8-15-23-31)32-24-16-9-17-25-32/h6-25H,3-5,26-27H2,1-2H3. The molecule has 0 N–H and O–H groups in total. The number of hydrogen-bond donors (Lipinski definition) is 0. The average Bonchev–Trinajstić information content (AvgIpc) is 2.96. The summed E-state index contributed by atoms with van der Waals surface area (Å²) < 4.78 is 13.6. The fourth-order valence-electron chi connectivity index (χ4n) is 5.26. The molecule has 0 aliphatic rings. The first kappa shape index (κ1) is 26.0. The highest BCUT2D eigenvalue weighted by Crippen LogP contribution is 2.25. The minimum absolute atomic E-state index is 0.639. The lowest BCUT2D eigenvalue weighted by Crippen LogP contribution is -2.64. The first-order valence-electron chi connectivity index (χ1n) is 12.9. The zero-order chi connectivity index (χ0) is 25.3. The van der Waals surface area contributed by atoms with Gasteiger partial charge in [-0.05, 0) is 47.1 Å². The number of benzene rings is 4. The van der Waals surface area contributed by atoms with Gasteiger partial charge in [-0.3, -0.25) is 0 Å². The molecule has 4 aromatic carbocycles. The molecule has 4 heteroatoms. The summed E-state index contributed by atoms with van der Waals surface area (Å²) in [6, 6.07) is 43.9. The van der Waals surface area contributed by atoms with Crippen LogP contribution >= 0.6 is 0 Å². The molecular weight excluding hydrogens is 473 g/mol. The van der Waals surface area contributed by atoms with Crippen LogP contribution in [0.3, 0.4) is 0 Å². The Bertz CT molecular complexity index is 1130. The smallest absolute Gasteiger partial charge is 0.283 e. The fraction of sp³-hybridized carbons (Fsp3) is 0.188. The molecule has 0 aromatic heterocycles.